The van der Waals surface area contributed by atoms with E-state index in [0.717, 1.165) is 29.3 Å². The fraction of sp³-hybridized carbons (Fsp3) is 0.261. The van der Waals surface area contributed by atoms with E-state index < -0.39 is 15.3 Å². The fourth-order valence-electron chi connectivity index (χ4n) is 3.14. The lowest BCUT2D eigenvalue weighted by Crippen LogP contribution is -2.34. The highest BCUT2D eigenvalue weighted by Gasteiger charge is 2.39. The second kappa shape index (κ2) is 10.1. The molecule has 9 heteroatoms. The molecule has 0 aromatic heterocycles. The van der Waals surface area contributed by atoms with Gasteiger partial charge in [-0.25, -0.2) is 0 Å². The molecule has 1 atom stereocenters. The maximum atomic E-state index is 12.9. The Balaban J connectivity index is 1.80. The summed E-state index contributed by atoms with van der Waals surface area (Å²) < 4.78 is 29.5. The van der Waals surface area contributed by atoms with Crippen molar-refractivity contribution in [1.29, 1.82) is 0 Å². The zero-order valence-corrected chi connectivity index (χ0v) is 19.6. The third kappa shape index (κ3) is 5.46. The van der Waals surface area contributed by atoms with Crippen molar-refractivity contribution in [3.63, 3.8) is 0 Å². The second-order valence-electron chi connectivity index (χ2n) is 7.26. The van der Waals surface area contributed by atoms with Crippen LogP contribution in [0.1, 0.15) is 24.5 Å². The summed E-state index contributed by atoms with van der Waals surface area (Å²) in [5.74, 6) is -0.701. The van der Waals surface area contributed by atoms with Crippen LogP contribution < -0.4 is 5.32 Å². The SMILES string of the molecule is C=CCN1C(=O)C(CC(=O)Nc2ccccc2C)S/C1=N\S(=O)(=O)c1ccc(CC)cc1. The van der Waals surface area contributed by atoms with E-state index in [-0.39, 0.29) is 34.8 Å². The zero-order chi connectivity index (χ0) is 23.3. The number of nitrogens with zero attached hydrogens (tertiary/aromatic N) is 2. The van der Waals surface area contributed by atoms with Crippen LogP contribution in [-0.2, 0) is 26.0 Å². The molecule has 32 heavy (non-hydrogen) atoms. The topological polar surface area (TPSA) is 95.9 Å². The Kier molecular flexibility index (Phi) is 7.52. The number of para-hydroxylation sites is 1. The number of amidine groups is 1. The van der Waals surface area contributed by atoms with Crippen LogP contribution in [0.2, 0.25) is 0 Å². The number of hydrogen-bond acceptors (Lipinski definition) is 5. The first kappa shape index (κ1) is 23.7. The number of nitrogens with one attached hydrogen (secondary N) is 1. The van der Waals surface area contributed by atoms with Gasteiger partial charge in [-0.2, -0.15) is 8.42 Å². The summed E-state index contributed by atoms with van der Waals surface area (Å²) in [6, 6.07) is 13.8. The Morgan fingerprint density at radius 3 is 2.53 bits per heavy atom. The first-order chi connectivity index (χ1) is 15.2. The Morgan fingerprint density at radius 2 is 1.91 bits per heavy atom. The first-order valence-electron chi connectivity index (χ1n) is 10.1. The van der Waals surface area contributed by atoms with Crippen molar-refractivity contribution in [2.24, 2.45) is 4.40 Å². The molecule has 1 aliphatic heterocycles. The van der Waals surface area contributed by atoms with Gasteiger partial charge in [0.05, 0.1) is 4.90 Å². The molecule has 2 aromatic carbocycles. The van der Waals surface area contributed by atoms with E-state index in [9.17, 15) is 18.0 Å². The van der Waals surface area contributed by atoms with Crippen molar-refractivity contribution in [2.75, 3.05) is 11.9 Å². The van der Waals surface area contributed by atoms with Crippen LogP contribution in [0.4, 0.5) is 5.69 Å². The highest BCUT2D eigenvalue weighted by Crippen LogP contribution is 2.31. The number of carbonyl (C=O) groups excluding carboxylic acids is 2. The van der Waals surface area contributed by atoms with Gasteiger partial charge in [-0.1, -0.05) is 55.1 Å². The minimum absolute atomic E-state index is 0.0446. The molecule has 1 saturated heterocycles. The smallest absolute Gasteiger partial charge is 0.284 e. The maximum Gasteiger partial charge on any atom is 0.284 e. The van der Waals surface area contributed by atoms with Gasteiger partial charge >= 0.3 is 0 Å². The molecule has 1 aliphatic rings. The van der Waals surface area contributed by atoms with Crippen LogP contribution >= 0.6 is 11.8 Å². The number of rotatable bonds is 8. The van der Waals surface area contributed by atoms with Crippen molar-refractivity contribution in [3.8, 4) is 0 Å². The zero-order valence-electron chi connectivity index (χ0n) is 17.9. The van der Waals surface area contributed by atoms with Crippen LogP contribution in [0.5, 0.6) is 0 Å². The summed E-state index contributed by atoms with van der Waals surface area (Å²) >= 11 is 0.978. The Hall–Kier alpha value is -2.91. The molecule has 7 nitrogen and oxygen atoms in total. The van der Waals surface area contributed by atoms with E-state index in [2.05, 4.69) is 16.3 Å². The summed E-state index contributed by atoms with van der Waals surface area (Å²) in [5, 5.41) is 2.08. The Morgan fingerprint density at radius 1 is 1.22 bits per heavy atom. The second-order valence-corrected chi connectivity index (χ2v) is 10.0. The van der Waals surface area contributed by atoms with Gasteiger partial charge in [0.25, 0.3) is 10.0 Å². The molecular weight excluding hydrogens is 446 g/mol. The normalized spacial score (nSPS) is 17.6. The van der Waals surface area contributed by atoms with Gasteiger partial charge < -0.3 is 5.32 Å². The van der Waals surface area contributed by atoms with Crippen LogP contribution in [0.15, 0.2) is 70.5 Å². The van der Waals surface area contributed by atoms with E-state index in [0.29, 0.717) is 5.69 Å². The van der Waals surface area contributed by atoms with Crippen LogP contribution in [0, 0.1) is 6.92 Å². The minimum atomic E-state index is -4.01. The van der Waals surface area contributed by atoms with Gasteiger partial charge in [0.15, 0.2) is 5.17 Å². The molecule has 2 aromatic rings. The van der Waals surface area contributed by atoms with E-state index in [1.54, 1.807) is 18.2 Å². The number of carbonyl (C=O) groups is 2. The van der Waals surface area contributed by atoms with E-state index in [4.69, 9.17) is 0 Å². The predicted molar refractivity (Wildman–Crippen MR) is 128 cm³/mol. The lowest BCUT2D eigenvalue weighted by atomic mass is 10.2. The summed E-state index contributed by atoms with van der Waals surface area (Å²) in [6.45, 7) is 7.59. The quantitative estimate of drug-likeness (QED) is 0.592. The van der Waals surface area contributed by atoms with Crippen molar-refractivity contribution in [2.45, 2.75) is 36.8 Å². The molecular formula is C23H25N3O4S2. The van der Waals surface area contributed by atoms with Gasteiger partial charge in [-0.05, 0) is 42.7 Å². The van der Waals surface area contributed by atoms with Crippen molar-refractivity contribution in [3.05, 3.63) is 72.3 Å². The third-order valence-electron chi connectivity index (χ3n) is 4.95. The minimum Gasteiger partial charge on any atom is -0.326 e. The third-order valence-corrected chi connectivity index (χ3v) is 7.52. The molecule has 0 radical (unpaired) electrons. The average Bonchev–Trinajstić information content (AvgIpc) is 3.04. The Bertz CT molecular complexity index is 1160. The van der Waals surface area contributed by atoms with Crippen molar-refractivity contribution < 1.29 is 18.0 Å². The highest BCUT2D eigenvalue weighted by atomic mass is 32.2. The number of aryl methyl sites for hydroxylation is 2. The van der Waals surface area contributed by atoms with Crippen molar-refractivity contribution in [1.82, 2.24) is 4.90 Å². The summed E-state index contributed by atoms with van der Waals surface area (Å²) in [6.07, 6.45) is 2.18. The molecule has 1 heterocycles. The number of anilines is 1. The van der Waals surface area contributed by atoms with E-state index >= 15 is 0 Å². The largest absolute Gasteiger partial charge is 0.326 e. The number of benzene rings is 2. The van der Waals surface area contributed by atoms with Gasteiger partial charge in [0, 0.05) is 18.7 Å². The lowest BCUT2D eigenvalue weighted by molar-refractivity contribution is -0.127. The van der Waals surface area contributed by atoms with Crippen LogP contribution in [0.3, 0.4) is 0 Å². The summed E-state index contributed by atoms with van der Waals surface area (Å²) in [5.41, 5.74) is 2.58. The molecule has 1 N–H and O–H groups in total. The van der Waals surface area contributed by atoms with Gasteiger partial charge in [0.2, 0.25) is 11.8 Å². The number of sulfonamides is 1. The monoisotopic (exact) mass is 471 g/mol. The molecule has 168 valence electrons. The molecule has 3 rings (SSSR count). The predicted octanol–water partition coefficient (Wildman–Crippen LogP) is 3.76. The van der Waals surface area contributed by atoms with Gasteiger partial charge in [-0.15, -0.1) is 11.0 Å². The Labute approximate surface area is 192 Å². The van der Waals surface area contributed by atoms with E-state index in [1.165, 1.54) is 23.1 Å². The van der Waals surface area contributed by atoms with Crippen LogP contribution in [-0.4, -0.2) is 42.1 Å². The highest BCUT2D eigenvalue weighted by molar-refractivity contribution is 8.16. The lowest BCUT2D eigenvalue weighted by Gasteiger charge is -2.14. The molecule has 0 bridgehead atoms. The van der Waals surface area contributed by atoms with Gasteiger partial charge in [-0.3, -0.25) is 14.5 Å². The summed E-state index contributed by atoms with van der Waals surface area (Å²) in [7, 11) is -4.01. The average molecular weight is 472 g/mol. The molecule has 0 aliphatic carbocycles. The molecule has 0 spiro atoms. The maximum absolute atomic E-state index is 12.9. The molecule has 2 amide bonds. The fourth-order valence-corrected chi connectivity index (χ4v) is 5.51. The molecule has 1 unspecified atom stereocenters. The number of thioether (sulfide) groups is 1. The first-order valence-corrected chi connectivity index (χ1v) is 12.5. The standard InChI is InChI=1S/C23H25N3O4S2/c1-4-14-26-22(28)20(15-21(27)24-19-9-7-6-8-16(19)3)31-23(26)25-32(29,30)18-12-10-17(5-2)11-13-18/h4,6-13,20H,1,5,14-15H2,2-3H3,(H,24,27)/b25-23-. The van der Waals surface area contributed by atoms with E-state index in [1.807, 2.05) is 32.0 Å². The number of amides is 2. The van der Waals surface area contributed by atoms with Crippen molar-refractivity contribution >= 4 is 44.5 Å². The molecule has 0 saturated carbocycles. The van der Waals surface area contributed by atoms with Crippen LogP contribution in [0.25, 0.3) is 0 Å². The summed E-state index contributed by atoms with van der Waals surface area (Å²) in [4.78, 5) is 26.7. The molecule has 1 fully saturated rings. The number of hydrogen-bond donors (Lipinski definition) is 1. The van der Waals surface area contributed by atoms with Gasteiger partial charge in [0.1, 0.15) is 5.25 Å².